The van der Waals surface area contributed by atoms with Gasteiger partial charge in [0, 0.05) is 0 Å². The van der Waals surface area contributed by atoms with E-state index in [1.165, 1.54) is 6.92 Å². The van der Waals surface area contributed by atoms with Crippen molar-refractivity contribution in [1.82, 2.24) is 0 Å². The van der Waals surface area contributed by atoms with E-state index in [1.54, 1.807) is 6.92 Å². The zero-order valence-corrected chi connectivity index (χ0v) is 7.67. The second-order valence-electron chi connectivity index (χ2n) is 3.20. The molecule has 0 saturated heterocycles. The Hall–Kier alpha value is -0.290. The van der Waals surface area contributed by atoms with E-state index in [9.17, 15) is 13.2 Å². The van der Waals surface area contributed by atoms with E-state index in [0.29, 0.717) is 6.42 Å². The van der Waals surface area contributed by atoms with Crippen molar-refractivity contribution in [1.29, 1.82) is 0 Å². The molecular formula is C8H15F3O2. The molecule has 0 aliphatic heterocycles. The van der Waals surface area contributed by atoms with Gasteiger partial charge in [-0.25, -0.2) is 0 Å². The number of aliphatic hydroxyl groups is 2. The molecule has 0 aromatic carbocycles. The van der Waals surface area contributed by atoms with E-state index in [-0.39, 0.29) is 0 Å². The van der Waals surface area contributed by atoms with Crippen LogP contribution in [0.3, 0.4) is 0 Å². The molecule has 0 aliphatic rings. The lowest BCUT2D eigenvalue weighted by molar-refractivity contribution is -0.210. The SMILES string of the molecule is CCC(CC(O)C(F)(F)F)C(C)O. The molecule has 0 amide bonds. The van der Waals surface area contributed by atoms with Crippen LogP contribution < -0.4 is 0 Å². The first-order chi connectivity index (χ1) is 5.79. The highest BCUT2D eigenvalue weighted by Gasteiger charge is 2.39. The maximum absolute atomic E-state index is 11.9. The highest BCUT2D eigenvalue weighted by molar-refractivity contribution is 4.73. The van der Waals surface area contributed by atoms with Crippen LogP contribution in [0.25, 0.3) is 0 Å². The summed E-state index contributed by atoms with van der Waals surface area (Å²) < 4.78 is 35.6. The molecule has 0 rings (SSSR count). The van der Waals surface area contributed by atoms with E-state index in [1.807, 2.05) is 0 Å². The number of hydrogen-bond donors (Lipinski definition) is 2. The van der Waals surface area contributed by atoms with Gasteiger partial charge in [-0.1, -0.05) is 13.3 Å². The van der Waals surface area contributed by atoms with E-state index in [0.717, 1.165) is 0 Å². The number of rotatable bonds is 4. The third-order valence-electron chi connectivity index (χ3n) is 2.11. The van der Waals surface area contributed by atoms with Crippen LogP contribution in [0.1, 0.15) is 26.7 Å². The molecule has 80 valence electrons. The van der Waals surface area contributed by atoms with E-state index >= 15 is 0 Å². The molecule has 3 atom stereocenters. The van der Waals surface area contributed by atoms with Gasteiger partial charge in [0.1, 0.15) is 6.10 Å². The van der Waals surface area contributed by atoms with Crippen LogP contribution in [-0.2, 0) is 0 Å². The summed E-state index contributed by atoms with van der Waals surface area (Å²) in [6.07, 6.45) is -7.74. The van der Waals surface area contributed by atoms with Gasteiger partial charge in [-0.2, -0.15) is 13.2 Å². The summed E-state index contributed by atoms with van der Waals surface area (Å²) in [4.78, 5) is 0. The van der Waals surface area contributed by atoms with Gasteiger partial charge in [0.2, 0.25) is 0 Å². The molecule has 0 radical (unpaired) electrons. The third-order valence-corrected chi connectivity index (χ3v) is 2.11. The molecule has 2 N–H and O–H groups in total. The van der Waals surface area contributed by atoms with Crippen molar-refractivity contribution in [3.8, 4) is 0 Å². The van der Waals surface area contributed by atoms with E-state index in [4.69, 9.17) is 10.2 Å². The molecule has 0 aromatic rings. The minimum absolute atomic E-state index is 0.421. The summed E-state index contributed by atoms with van der Waals surface area (Å²) in [6, 6.07) is 0. The molecule has 2 nitrogen and oxygen atoms in total. The molecule has 0 bridgehead atoms. The van der Waals surface area contributed by atoms with Crippen molar-refractivity contribution in [2.75, 3.05) is 0 Å². The second kappa shape index (κ2) is 4.81. The molecule has 0 fully saturated rings. The van der Waals surface area contributed by atoms with Crippen LogP contribution in [-0.4, -0.2) is 28.6 Å². The van der Waals surface area contributed by atoms with Crippen molar-refractivity contribution in [3.63, 3.8) is 0 Å². The first-order valence-corrected chi connectivity index (χ1v) is 4.21. The van der Waals surface area contributed by atoms with Crippen LogP contribution >= 0.6 is 0 Å². The highest BCUT2D eigenvalue weighted by atomic mass is 19.4. The Kier molecular flexibility index (Phi) is 4.70. The third kappa shape index (κ3) is 4.47. The topological polar surface area (TPSA) is 40.5 Å². The largest absolute Gasteiger partial charge is 0.414 e. The van der Waals surface area contributed by atoms with Gasteiger partial charge in [-0.15, -0.1) is 0 Å². The standard InChI is InChI=1S/C8H15F3O2/c1-3-6(5(2)12)4-7(13)8(9,10)11/h5-7,12-13H,3-4H2,1-2H3. The predicted molar refractivity (Wildman–Crippen MR) is 42.1 cm³/mol. The van der Waals surface area contributed by atoms with Gasteiger partial charge >= 0.3 is 6.18 Å². The van der Waals surface area contributed by atoms with Crippen LogP contribution in [0.2, 0.25) is 0 Å². The fraction of sp³-hybridized carbons (Fsp3) is 1.00. The average molecular weight is 200 g/mol. The zero-order valence-electron chi connectivity index (χ0n) is 7.67. The molecule has 5 heteroatoms. The zero-order chi connectivity index (χ0) is 10.6. The van der Waals surface area contributed by atoms with Crippen molar-refractivity contribution in [3.05, 3.63) is 0 Å². The molecule has 13 heavy (non-hydrogen) atoms. The number of hydrogen-bond acceptors (Lipinski definition) is 2. The Balaban J connectivity index is 4.09. The molecule has 0 aliphatic carbocycles. The quantitative estimate of drug-likeness (QED) is 0.725. The van der Waals surface area contributed by atoms with Gasteiger partial charge in [-0.3, -0.25) is 0 Å². The molecule has 0 aromatic heterocycles. The van der Waals surface area contributed by atoms with E-state index < -0.39 is 30.7 Å². The maximum atomic E-state index is 11.9. The Bertz CT molecular complexity index is 145. The van der Waals surface area contributed by atoms with Gasteiger partial charge in [0.15, 0.2) is 0 Å². The molecular weight excluding hydrogens is 185 g/mol. The monoisotopic (exact) mass is 200 g/mol. The highest BCUT2D eigenvalue weighted by Crippen LogP contribution is 2.27. The van der Waals surface area contributed by atoms with Gasteiger partial charge in [0.25, 0.3) is 0 Å². The Morgan fingerprint density at radius 1 is 1.23 bits per heavy atom. The van der Waals surface area contributed by atoms with Gasteiger partial charge in [-0.05, 0) is 19.3 Å². The maximum Gasteiger partial charge on any atom is 0.414 e. The fourth-order valence-corrected chi connectivity index (χ4v) is 1.13. The van der Waals surface area contributed by atoms with Crippen LogP contribution in [0.15, 0.2) is 0 Å². The molecule has 3 unspecified atom stereocenters. The average Bonchev–Trinajstić information content (AvgIpc) is 1.96. The number of aliphatic hydroxyl groups excluding tert-OH is 2. The lowest BCUT2D eigenvalue weighted by Gasteiger charge is -2.22. The number of halogens is 3. The minimum atomic E-state index is -4.58. The van der Waals surface area contributed by atoms with Crippen LogP contribution in [0.5, 0.6) is 0 Å². The lowest BCUT2D eigenvalue weighted by atomic mass is 9.93. The van der Waals surface area contributed by atoms with Crippen LogP contribution in [0, 0.1) is 5.92 Å². The molecule has 0 heterocycles. The normalized spacial score (nSPS) is 19.6. The summed E-state index contributed by atoms with van der Waals surface area (Å²) >= 11 is 0. The number of alkyl halides is 3. The Labute approximate surface area is 75.4 Å². The lowest BCUT2D eigenvalue weighted by Crippen LogP contribution is -2.33. The van der Waals surface area contributed by atoms with Gasteiger partial charge < -0.3 is 10.2 Å². The van der Waals surface area contributed by atoms with Crippen molar-refractivity contribution < 1.29 is 23.4 Å². The summed E-state index contributed by atoms with van der Waals surface area (Å²) in [7, 11) is 0. The van der Waals surface area contributed by atoms with Gasteiger partial charge in [0.05, 0.1) is 6.10 Å². The summed E-state index contributed by atoms with van der Waals surface area (Å²) in [5.41, 5.74) is 0. The van der Waals surface area contributed by atoms with Crippen molar-refractivity contribution >= 4 is 0 Å². The summed E-state index contributed by atoms with van der Waals surface area (Å²) in [6.45, 7) is 3.11. The van der Waals surface area contributed by atoms with E-state index in [2.05, 4.69) is 0 Å². The Morgan fingerprint density at radius 2 is 1.69 bits per heavy atom. The minimum Gasteiger partial charge on any atom is -0.393 e. The molecule has 0 saturated carbocycles. The summed E-state index contributed by atoms with van der Waals surface area (Å²) in [5.74, 6) is -0.503. The van der Waals surface area contributed by atoms with Crippen molar-refractivity contribution in [2.45, 2.75) is 45.1 Å². The predicted octanol–water partition coefficient (Wildman–Crippen LogP) is 1.71. The Morgan fingerprint density at radius 3 is 1.92 bits per heavy atom. The summed E-state index contributed by atoms with van der Waals surface area (Å²) in [5, 5.41) is 17.7. The fourth-order valence-electron chi connectivity index (χ4n) is 1.13. The van der Waals surface area contributed by atoms with Crippen LogP contribution in [0.4, 0.5) is 13.2 Å². The molecule has 0 spiro atoms. The first-order valence-electron chi connectivity index (χ1n) is 4.21. The smallest absolute Gasteiger partial charge is 0.393 e. The first kappa shape index (κ1) is 12.7. The van der Waals surface area contributed by atoms with Crippen molar-refractivity contribution in [2.24, 2.45) is 5.92 Å². The second-order valence-corrected chi connectivity index (χ2v) is 3.20.